The minimum absolute atomic E-state index is 0.721. The van der Waals surface area contributed by atoms with Crippen molar-refractivity contribution in [1.82, 2.24) is 19.6 Å². The smallest absolute Gasteiger partial charge is 0.219 e. The summed E-state index contributed by atoms with van der Waals surface area (Å²) < 4.78 is 1.88. The molecule has 0 fully saturated rings. The molecule has 0 aliphatic heterocycles. The molecule has 3 rings (SSSR count). The van der Waals surface area contributed by atoms with Crippen molar-refractivity contribution in [1.29, 1.82) is 0 Å². The molecule has 0 spiro atoms. The third kappa shape index (κ3) is 1.03. The molecular weight excluding hydrogens is 176 g/mol. The van der Waals surface area contributed by atoms with Crippen molar-refractivity contribution < 1.29 is 0 Å². The molecule has 0 saturated carbocycles. The standard InChI is InChI=1S/C10H12N4/c1-7-2-3-9-8(4-7)5-11-10-12-6-13-14(9)10/h5-7H,2-4H2,1H3/t7-/m1/s1. The van der Waals surface area contributed by atoms with Crippen molar-refractivity contribution in [2.75, 3.05) is 0 Å². The van der Waals surface area contributed by atoms with E-state index in [-0.39, 0.29) is 0 Å². The molecule has 0 aromatic carbocycles. The number of aromatic nitrogens is 4. The zero-order valence-electron chi connectivity index (χ0n) is 8.14. The van der Waals surface area contributed by atoms with E-state index in [0.29, 0.717) is 0 Å². The Morgan fingerprint density at radius 3 is 3.29 bits per heavy atom. The largest absolute Gasteiger partial charge is 0.252 e. The predicted octanol–water partition coefficient (Wildman–Crippen LogP) is 1.25. The number of hydrogen-bond donors (Lipinski definition) is 0. The van der Waals surface area contributed by atoms with E-state index in [9.17, 15) is 0 Å². The van der Waals surface area contributed by atoms with E-state index < -0.39 is 0 Å². The van der Waals surface area contributed by atoms with Crippen LogP contribution in [-0.2, 0) is 12.8 Å². The normalized spacial score (nSPS) is 21.1. The van der Waals surface area contributed by atoms with Crippen molar-refractivity contribution in [3.05, 3.63) is 23.8 Å². The zero-order valence-corrected chi connectivity index (χ0v) is 8.14. The number of fused-ring (bicyclic) bond motifs is 3. The maximum atomic E-state index is 4.28. The van der Waals surface area contributed by atoms with Crippen LogP contribution in [0.25, 0.3) is 5.78 Å². The van der Waals surface area contributed by atoms with E-state index in [4.69, 9.17) is 0 Å². The van der Waals surface area contributed by atoms with Gasteiger partial charge in [-0.2, -0.15) is 10.1 Å². The SMILES string of the molecule is C[C@@H]1CCc2c(cnc3ncnn23)C1. The zero-order chi connectivity index (χ0) is 9.54. The fraction of sp³-hybridized carbons (Fsp3) is 0.500. The van der Waals surface area contributed by atoms with Gasteiger partial charge in [-0.05, 0) is 30.7 Å². The molecule has 4 heteroatoms. The number of aryl methyl sites for hydroxylation is 1. The maximum Gasteiger partial charge on any atom is 0.252 e. The lowest BCUT2D eigenvalue weighted by Gasteiger charge is -2.20. The van der Waals surface area contributed by atoms with Crippen molar-refractivity contribution in [3.63, 3.8) is 0 Å². The van der Waals surface area contributed by atoms with E-state index in [0.717, 1.165) is 24.5 Å². The van der Waals surface area contributed by atoms with Gasteiger partial charge in [0.1, 0.15) is 6.33 Å². The van der Waals surface area contributed by atoms with Crippen LogP contribution < -0.4 is 0 Å². The van der Waals surface area contributed by atoms with Gasteiger partial charge in [-0.1, -0.05) is 6.92 Å². The van der Waals surface area contributed by atoms with E-state index in [2.05, 4.69) is 22.0 Å². The lowest BCUT2D eigenvalue weighted by atomic mass is 9.89. The Morgan fingerprint density at radius 2 is 2.36 bits per heavy atom. The van der Waals surface area contributed by atoms with Gasteiger partial charge in [-0.25, -0.2) is 9.50 Å². The first kappa shape index (κ1) is 7.91. The topological polar surface area (TPSA) is 43.1 Å². The van der Waals surface area contributed by atoms with Crippen LogP contribution in [0.1, 0.15) is 24.6 Å². The van der Waals surface area contributed by atoms with Crippen LogP contribution in [0.3, 0.4) is 0 Å². The van der Waals surface area contributed by atoms with Crippen LogP contribution in [0.15, 0.2) is 12.5 Å². The molecule has 0 N–H and O–H groups in total. The number of rotatable bonds is 0. The van der Waals surface area contributed by atoms with Gasteiger partial charge in [-0.15, -0.1) is 0 Å². The Morgan fingerprint density at radius 1 is 1.43 bits per heavy atom. The van der Waals surface area contributed by atoms with Crippen LogP contribution in [0.4, 0.5) is 0 Å². The Labute approximate surface area is 82.0 Å². The summed E-state index contributed by atoms with van der Waals surface area (Å²) in [5, 5.41) is 4.20. The van der Waals surface area contributed by atoms with Gasteiger partial charge in [0, 0.05) is 6.20 Å². The highest BCUT2D eigenvalue weighted by molar-refractivity contribution is 5.33. The summed E-state index contributed by atoms with van der Waals surface area (Å²) in [6.07, 6.45) is 6.98. The molecule has 2 aromatic heterocycles. The van der Waals surface area contributed by atoms with Gasteiger partial charge in [0.15, 0.2) is 0 Å². The highest BCUT2D eigenvalue weighted by Gasteiger charge is 2.18. The molecule has 14 heavy (non-hydrogen) atoms. The van der Waals surface area contributed by atoms with Crippen LogP contribution in [0.5, 0.6) is 0 Å². The summed E-state index contributed by atoms with van der Waals surface area (Å²) in [6, 6.07) is 0. The van der Waals surface area contributed by atoms with Gasteiger partial charge in [0.05, 0.1) is 5.69 Å². The minimum Gasteiger partial charge on any atom is -0.219 e. The van der Waals surface area contributed by atoms with Crippen LogP contribution in [0.2, 0.25) is 0 Å². The van der Waals surface area contributed by atoms with Gasteiger partial charge in [0.25, 0.3) is 5.78 Å². The molecule has 1 atom stereocenters. The highest BCUT2D eigenvalue weighted by atomic mass is 15.3. The average molecular weight is 188 g/mol. The third-order valence-electron chi connectivity index (χ3n) is 2.93. The molecule has 0 amide bonds. The van der Waals surface area contributed by atoms with E-state index >= 15 is 0 Å². The Balaban J connectivity index is 2.24. The molecule has 0 unspecified atom stereocenters. The molecule has 0 radical (unpaired) electrons. The van der Waals surface area contributed by atoms with Crippen molar-refractivity contribution in [2.24, 2.45) is 5.92 Å². The Kier molecular flexibility index (Phi) is 1.56. The number of hydrogen-bond acceptors (Lipinski definition) is 3. The summed E-state index contributed by atoms with van der Waals surface area (Å²) in [6.45, 7) is 2.29. The fourth-order valence-corrected chi connectivity index (χ4v) is 2.16. The first-order valence-electron chi connectivity index (χ1n) is 5.01. The Hall–Kier alpha value is -1.45. The van der Waals surface area contributed by atoms with Gasteiger partial charge < -0.3 is 0 Å². The summed E-state index contributed by atoms with van der Waals surface area (Å²) in [5.41, 5.74) is 2.63. The summed E-state index contributed by atoms with van der Waals surface area (Å²) in [7, 11) is 0. The summed E-state index contributed by atoms with van der Waals surface area (Å²) in [4.78, 5) is 8.36. The second kappa shape index (κ2) is 2.77. The quantitative estimate of drug-likeness (QED) is 0.625. The van der Waals surface area contributed by atoms with Gasteiger partial charge >= 0.3 is 0 Å². The minimum atomic E-state index is 0.721. The lowest BCUT2D eigenvalue weighted by molar-refractivity contribution is 0.485. The molecule has 1 aliphatic carbocycles. The van der Waals surface area contributed by atoms with Crippen molar-refractivity contribution in [2.45, 2.75) is 26.2 Å². The van der Waals surface area contributed by atoms with E-state index in [1.807, 2.05) is 10.7 Å². The lowest BCUT2D eigenvalue weighted by Crippen LogP contribution is -2.16. The molecule has 2 heterocycles. The first-order valence-corrected chi connectivity index (χ1v) is 5.01. The molecule has 2 aromatic rings. The maximum absolute atomic E-state index is 4.28. The number of nitrogens with zero attached hydrogens (tertiary/aromatic N) is 4. The Bertz CT molecular complexity index is 474. The molecule has 0 saturated heterocycles. The molecular formula is C10H12N4. The molecule has 1 aliphatic rings. The highest BCUT2D eigenvalue weighted by Crippen LogP contribution is 2.24. The van der Waals surface area contributed by atoms with Crippen LogP contribution in [0, 0.1) is 5.92 Å². The summed E-state index contributed by atoms with van der Waals surface area (Å²) in [5.74, 6) is 1.49. The van der Waals surface area contributed by atoms with Crippen LogP contribution >= 0.6 is 0 Å². The van der Waals surface area contributed by atoms with E-state index in [1.165, 1.54) is 17.7 Å². The molecule has 4 nitrogen and oxygen atoms in total. The fourth-order valence-electron chi connectivity index (χ4n) is 2.16. The third-order valence-corrected chi connectivity index (χ3v) is 2.93. The monoisotopic (exact) mass is 188 g/mol. The average Bonchev–Trinajstić information content (AvgIpc) is 2.65. The second-order valence-corrected chi connectivity index (χ2v) is 4.05. The summed E-state index contributed by atoms with van der Waals surface area (Å²) >= 11 is 0. The first-order chi connectivity index (χ1) is 6.84. The van der Waals surface area contributed by atoms with Crippen molar-refractivity contribution in [3.8, 4) is 0 Å². The molecule has 72 valence electrons. The van der Waals surface area contributed by atoms with Crippen LogP contribution in [-0.4, -0.2) is 19.6 Å². The molecule has 0 bridgehead atoms. The van der Waals surface area contributed by atoms with Crippen molar-refractivity contribution >= 4 is 5.78 Å². The predicted molar refractivity (Wildman–Crippen MR) is 52.0 cm³/mol. The second-order valence-electron chi connectivity index (χ2n) is 4.05. The van der Waals surface area contributed by atoms with Gasteiger partial charge in [0.2, 0.25) is 0 Å². The van der Waals surface area contributed by atoms with Gasteiger partial charge in [-0.3, -0.25) is 0 Å². The van der Waals surface area contributed by atoms with E-state index in [1.54, 1.807) is 6.33 Å².